The van der Waals surface area contributed by atoms with E-state index in [4.69, 9.17) is 9.47 Å². The molecule has 23 heavy (non-hydrogen) atoms. The summed E-state index contributed by atoms with van der Waals surface area (Å²) in [5, 5.41) is 0. The molecule has 2 aliphatic rings. The summed E-state index contributed by atoms with van der Waals surface area (Å²) in [6, 6.07) is 3.72. The van der Waals surface area contributed by atoms with Gasteiger partial charge in [-0.05, 0) is 38.3 Å². The van der Waals surface area contributed by atoms with E-state index in [0.29, 0.717) is 26.3 Å². The molecule has 7 heteroatoms. The Morgan fingerprint density at radius 2 is 2.39 bits per heavy atom. The minimum atomic E-state index is -3.17. The topological polar surface area (TPSA) is 68.7 Å². The lowest BCUT2D eigenvalue weighted by atomic mass is 9.90. The van der Waals surface area contributed by atoms with Crippen LogP contribution >= 0.6 is 0 Å². The van der Waals surface area contributed by atoms with Crippen molar-refractivity contribution in [2.45, 2.75) is 31.8 Å². The minimum Gasteiger partial charge on any atom is -0.492 e. The maximum atomic E-state index is 12.2. The molecular weight excluding hydrogens is 316 g/mol. The first kappa shape index (κ1) is 16.7. The molecule has 0 unspecified atom stereocenters. The molecule has 1 aromatic rings. The molecule has 1 aliphatic carbocycles. The molecule has 1 saturated heterocycles. The van der Waals surface area contributed by atoms with E-state index in [9.17, 15) is 8.42 Å². The molecule has 0 radical (unpaired) electrons. The van der Waals surface area contributed by atoms with Gasteiger partial charge >= 0.3 is 0 Å². The molecule has 1 aromatic heterocycles. The second-order valence-corrected chi connectivity index (χ2v) is 8.49. The van der Waals surface area contributed by atoms with Crippen LogP contribution in [0, 0.1) is 5.92 Å². The van der Waals surface area contributed by atoms with Crippen LogP contribution in [-0.2, 0) is 14.8 Å². The number of nitrogens with zero attached hydrogens (tertiary/aromatic N) is 2. The Morgan fingerprint density at radius 3 is 3.13 bits per heavy atom. The number of sulfonamides is 1. The highest BCUT2D eigenvalue weighted by atomic mass is 32.2. The van der Waals surface area contributed by atoms with E-state index in [1.54, 1.807) is 23.6 Å². The van der Waals surface area contributed by atoms with Crippen molar-refractivity contribution >= 4 is 10.0 Å². The van der Waals surface area contributed by atoms with Gasteiger partial charge < -0.3 is 9.47 Å². The van der Waals surface area contributed by atoms with Crippen molar-refractivity contribution in [3.63, 3.8) is 0 Å². The first-order valence-corrected chi connectivity index (χ1v) is 9.81. The van der Waals surface area contributed by atoms with Crippen LogP contribution in [0.4, 0.5) is 0 Å². The predicted molar refractivity (Wildman–Crippen MR) is 86.8 cm³/mol. The van der Waals surface area contributed by atoms with Crippen LogP contribution in [0.1, 0.15) is 26.2 Å². The molecule has 128 valence electrons. The second-order valence-electron chi connectivity index (χ2n) is 6.24. The number of rotatable bonds is 5. The van der Waals surface area contributed by atoms with Gasteiger partial charge in [-0.2, -0.15) is 4.31 Å². The molecule has 1 aliphatic heterocycles. The van der Waals surface area contributed by atoms with Gasteiger partial charge in [0.05, 0.1) is 30.8 Å². The smallest absolute Gasteiger partial charge is 0.214 e. The van der Waals surface area contributed by atoms with Crippen LogP contribution < -0.4 is 4.74 Å². The average molecular weight is 340 g/mol. The molecule has 2 fully saturated rings. The van der Waals surface area contributed by atoms with Crippen molar-refractivity contribution in [2.24, 2.45) is 5.92 Å². The van der Waals surface area contributed by atoms with Crippen LogP contribution in [-0.4, -0.2) is 55.4 Å². The zero-order chi connectivity index (χ0) is 16.3. The maximum Gasteiger partial charge on any atom is 0.214 e. The highest BCUT2D eigenvalue weighted by Crippen LogP contribution is 2.41. The molecule has 2 atom stereocenters. The molecule has 0 aromatic carbocycles. The minimum absolute atomic E-state index is 0.139. The summed E-state index contributed by atoms with van der Waals surface area (Å²) in [4.78, 5) is 4.05. The number of morpholine rings is 1. The predicted octanol–water partition coefficient (Wildman–Crippen LogP) is 1.68. The van der Waals surface area contributed by atoms with Gasteiger partial charge in [-0.1, -0.05) is 0 Å². The molecule has 0 N–H and O–H groups in total. The van der Waals surface area contributed by atoms with E-state index in [0.717, 1.165) is 25.0 Å². The summed E-state index contributed by atoms with van der Waals surface area (Å²) in [7, 11) is -3.17. The van der Waals surface area contributed by atoms with E-state index in [-0.39, 0.29) is 11.7 Å². The third kappa shape index (κ3) is 3.51. The quantitative estimate of drug-likeness (QED) is 0.816. The highest BCUT2D eigenvalue weighted by molar-refractivity contribution is 7.89. The Bertz CT molecular complexity index is 622. The maximum absolute atomic E-state index is 12.2. The SMILES string of the molecule is CCS(=O)(=O)N1CCO[C@]2(CCC[C@H]2COc2cccnc2)C1. The van der Waals surface area contributed by atoms with E-state index in [2.05, 4.69) is 4.98 Å². The van der Waals surface area contributed by atoms with Gasteiger partial charge in [0.2, 0.25) is 10.0 Å². The zero-order valence-corrected chi connectivity index (χ0v) is 14.3. The summed E-state index contributed by atoms with van der Waals surface area (Å²) in [5.41, 5.74) is -0.400. The first-order valence-electron chi connectivity index (χ1n) is 8.20. The van der Waals surface area contributed by atoms with E-state index in [1.165, 1.54) is 0 Å². The van der Waals surface area contributed by atoms with Crippen molar-refractivity contribution in [2.75, 3.05) is 32.1 Å². The second kappa shape index (κ2) is 6.75. The summed E-state index contributed by atoms with van der Waals surface area (Å²) in [5.74, 6) is 1.08. The van der Waals surface area contributed by atoms with Crippen molar-refractivity contribution < 1.29 is 17.9 Å². The van der Waals surface area contributed by atoms with Gasteiger partial charge in [0.15, 0.2) is 0 Å². The number of hydrogen-bond acceptors (Lipinski definition) is 5. The number of pyridine rings is 1. The van der Waals surface area contributed by atoms with Crippen LogP contribution in [0.25, 0.3) is 0 Å². The Hall–Kier alpha value is -1.18. The zero-order valence-electron chi connectivity index (χ0n) is 13.5. The summed E-state index contributed by atoms with van der Waals surface area (Å²) in [6.07, 6.45) is 6.34. The average Bonchev–Trinajstić information content (AvgIpc) is 2.95. The lowest BCUT2D eigenvalue weighted by Gasteiger charge is -2.43. The van der Waals surface area contributed by atoms with Crippen molar-refractivity contribution in [1.82, 2.24) is 9.29 Å². The van der Waals surface area contributed by atoms with Crippen LogP contribution in [0.2, 0.25) is 0 Å². The lowest BCUT2D eigenvalue weighted by molar-refractivity contribution is -0.118. The van der Waals surface area contributed by atoms with Gasteiger partial charge in [-0.25, -0.2) is 8.42 Å². The summed E-state index contributed by atoms with van der Waals surface area (Å²) < 4.78 is 38.0. The molecule has 1 saturated carbocycles. The fourth-order valence-corrected chi connectivity index (χ4v) is 4.70. The Morgan fingerprint density at radius 1 is 1.52 bits per heavy atom. The molecule has 1 spiro atoms. The fraction of sp³-hybridized carbons (Fsp3) is 0.688. The highest BCUT2D eigenvalue weighted by Gasteiger charge is 2.49. The number of hydrogen-bond donors (Lipinski definition) is 0. The van der Waals surface area contributed by atoms with Crippen molar-refractivity contribution in [3.8, 4) is 5.75 Å². The first-order chi connectivity index (χ1) is 11.1. The Balaban J connectivity index is 1.69. The van der Waals surface area contributed by atoms with Gasteiger partial charge in [-0.15, -0.1) is 0 Å². The molecule has 0 bridgehead atoms. The third-order valence-corrected chi connectivity index (χ3v) is 6.74. The van der Waals surface area contributed by atoms with Crippen LogP contribution in [0.5, 0.6) is 5.75 Å². The number of aromatic nitrogens is 1. The summed E-state index contributed by atoms with van der Waals surface area (Å²) in [6.45, 7) is 3.59. The van der Waals surface area contributed by atoms with Gasteiger partial charge in [0.25, 0.3) is 0 Å². The molecular formula is C16H24N2O4S. The summed E-state index contributed by atoms with van der Waals surface area (Å²) >= 11 is 0. The standard InChI is InChI=1S/C16H24N2O4S/c1-2-23(19,20)18-9-10-22-16(13-18)7-3-5-14(16)12-21-15-6-4-8-17-11-15/h4,6,8,11,14H,2-3,5,7,9-10,12-13H2,1H3/t14-,16+/m0/s1. The normalized spacial score (nSPS) is 29.0. The molecule has 2 heterocycles. The van der Waals surface area contributed by atoms with E-state index >= 15 is 0 Å². The Labute approximate surface area is 137 Å². The Kier molecular flexibility index (Phi) is 4.89. The van der Waals surface area contributed by atoms with Gasteiger partial charge in [-0.3, -0.25) is 4.98 Å². The largest absolute Gasteiger partial charge is 0.492 e. The lowest BCUT2D eigenvalue weighted by Crippen LogP contribution is -2.56. The van der Waals surface area contributed by atoms with Crippen LogP contribution in [0.3, 0.4) is 0 Å². The van der Waals surface area contributed by atoms with Crippen LogP contribution in [0.15, 0.2) is 24.5 Å². The molecule has 0 amide bonds. The van der Waals surface area contributed by atoms with Crippen molar-refractivity contribution in [1.29, 1.82) is 0 Å². The fourth-order valence-electron chi connectivity index (χ4n) is 3.57. The van der Waals surface area contributed by atoms with Gasteiger partial charge in [0, 0.05) is 25.2 Å². The van der Waals surface area contributed by atoms with Gasteiger partial charge in [0.1, 0.15) is 5.75 Å². The van der Waals surface area contributed by atoms with E-state index in [1.807, 2.05) is 12.1 Å². The monoisotopic (exact) mass is 340 g/mol. The third-order valence-electron chi connectivity index (χ3n) is 4.91. The van der Waals surface area contributed by atoms with Crippen molar-refractivity contribution in [3.05, 3.63) is 24.5 Å². The molecule has 3 rings (SSSR count). The number of ether oxygens (including phenoxy) is 2. The molecule has 6 nitrogen and oxygen atoms in total. The van der Waals surface area contributed by atoms with E-state index < -0.39 is 15.6 Å².